The Morgan fingerprint density at radius 2 is 1.67 bits per heavy atom. The van der Waals surface area contributed by atoms with E-state index in [1.807, 2.05) is 18.2 Å². The predicted molar refractivity (Wildman–Crippen MR) is 62.7 cm³/mol. The van der Waals surface area contributed by atoms with E-state index in [0.29, 0.717) is 12.6 Å². The molecule has 0 saturated heterocycles. The zero-order valence-electron chi connectivity index (χ0n) is 8.71. The predicted octanol–water partition coefficient (Wildman–Crippen LogP) is 2.23. The maximum absolute atomic E-state index is 5.79. The van der Waals surface area contributed by atoms with E-state index in [1.54, 1.807) is 0 Å². The highest BCUT2D eigenvalue weighted by Crippen LogP contribution is 2.13. The van der Waals surface area contributed by atoms with Crippen LogP contribution in [-0.2, 0) is 6.42 Å². The van der Waals surface area contributed by atoms with E-state index in [1.165, 1.54) is 5.56 Å². The molecular formula is C13H16N2. The number of nitrogens with two attached hydrogens (primary N) is 1. The summed E-state index contributed by atoms with van der Waals surface area (Å²) >= 11 is 0. The van der Waals surface area contributed by atoms with Crippen molar-refractivity contribution >= 4 is 0 Å². The second-order valence-electron chi connectivity index (χ2n) is 3.71. The van der Waals surface area contributed by atoms with Crippen molar-refractivity contribution in [2.45, 2.75) is 12.5 Å². The average Bonchev–Trinajstić information content (AvgIpc) is 2.81. The van der Waals surface area contributed by atoms with Crippen molar-refractivity contribution in [1.29, 1.82) is 0 Å². The Kier molecular flexibility index (Phi) is 3.20. The van der Waals surface area contributed by atoms with Gasteiger partial charge in [0.05, 0.1) is 0 Å². The van der Waals surface area contributed by atoms with Crippen LogP contribution in [0, 0.1) is 0 Å². The van der Waals surface area contributed by atoms with Gasteiger partial charge in [-0.05, 0) is 24.1 Å². The van der Waals surface area contributed by atoms with Crippen LogP contribution in [0.25, 0.3) is 0 Å². The highest BCUT2D eigenvalue weighted by molar-refractivity contribution is 5.16. The van der Waals surface area contributed by atoms with Gasteiger partial charge in [-0.3, -0.25) is 0 Å². The van der Waals surface area contributed by atoms with Crippen molar-refractivity contribution in [2.75, 3.05) is 6.54 Å². The maximum atomic E-state index is 5.79. The van der Waals surface area contributed by atoms with Gasteiger partial charge >= 0.3 is 0 Å². The molecule has 1 unspecified atom stereocenters. The first-order chi connectivity index (χ1) is 7.40. The van der Waals surface area contributed by atoms with Crippen molar-refractivity contribution in [2.24, 2.45) is 5.73 Å². The third kappa shape index (κ3) is 2.48. The SMILES string of the molecule is NCC(Cc1ccccc1)n1cccc1. The van der Waals surface area contributed by atoms with Crippen LogP contribution in [0.4, 0.5) is 0 Å². The zero-order chi connectivity index (χ0) is 10.5. The van der Waals surface area contributed by atoms with Gasteiger partial charge in [-0.2, -0.15) is 0 Å². The molecule has 1 atom stereocenters. The summed E-state index contributed by atoms with van der Waals surface area (Å²) in [6.45, 7) is 0.670. The number of benzene rings is 1. The lowest BCUT2D eigenvalue weighted by molar-refractivity contribution is 0.511. The van der Waals surface area contributed by atoms with Gasteiger partial charge in [-0.15, -0.1) is 0 Å². The molecule has 2 nitrogen and oxygen atoms in total. The van der Waals surface area contributed by atoms with E-state index in [2.05, 4.69) is 41.2 Å². The molecule has 0 aliphatic rings. The van der Waals surface area contributed by atoms with Gasteiger partial charge < -0.3 is 10.3 Å². The first-order valence-electron chi connectivity index (χ1n) is 5.26. The molecular weight excluding hydrogens is 184 g/mol. The first kappa shape index (κ1) is 9.99. The third-order valence-electron chi connectivity index (χ3n) is 2.64. The van der Waals surface area contributed by atoms with Crippen LogP contribution in [-0.4, -0.2) is 11.1 Å². The van der Waals surface area contributed by atoms with Crippen molar-refractivity contribution in [3.8, 4) is 0 Å². The Bertz CT molecular complexity index is 378. The molecule has 1 aromatic carbocycles. The number of rotatable bonds is 4. The van der Waals surface area contributed by atoms with Crippen LogP contribution >= 0.6 is 0 Å². The van der Waals surface area contributed by atoms with E-state index < -0.39 is 0 Å². The average molecular weight is 200 g/mol. The van der Waals surface area contributed by atoms with E-state index in [9.17, 15) is 0 Å². The summed E-state index contributed by atoms with van der Waals surface area (Å²) in [6, 6.07) is 14.9. The summed E-state index contributed by atoms with van der Waals surface area (Å²) < 4.78 is 2.17. The quantitative estimate of drug-likeness (QED) is 0.806. The highest BCUT2D eigenvalue weighted by Gasteiger charge is 2.07. The number of nitrogens with zero attached hydrogens (tertiary/aromatic N) is 1. The molecule has 2 heteroatoms. The van der Waals surface area contributed by atoms with Gasteiger partial charge in [0.2, 0.25) is 0 Å². The molecule has 1 heterocycles. The van der Waals surface area contributed by atoms with Crippen molar-refractivity contribution in [1.82, 2.24) is 4.57 Å². The molecule has 0 aliphatic carbocycles. The monoisotopic (exact) mass is 200 g/mol. The van der Waals surface area contributed by atoms with Crippen LogP contribution in [0.3, 0.4) is 0 Å². The van der Waals surface area contributed by atoms with Crippen LogP contribution in [0.15, 0.2) is 54.9 Å². The smallest absolute Gasteiger partial charge is 0.0493 e. The molecule has 78 valence electrons. The molecule has 0 bridgehead atoms. The van der Waals surface area contributed by atoms with Gasteiger partial charge in [0, 0.05) is 25.0 Å². The first-order valence-corrected chi connectivity index (χ1v) is 5.26. The Labute approximate surface area is 90.3 Å². The van der Waals surface area contributed by atoms with Gasteiger partial charge in [0.25, 0.3) is 0 Å². The van der Waals surface area contributed by atoms with Gasteiger partial charge in [-0.25, -0.2) is 0 Å². The Balaban J connectivity index is 2.10. The summed E-state index contributed by atoms with van der Waals surface area (Å²) in [7, 11) is 0. The minimum Gasteiger partial charge on any atom is -0.350 e. The second kappa shape index (κ2) is 4.80. The van der Waals surface area contributed by atoms with E-state index >= 15 is 0 Å². The molecule has 0 saturated carbocycles. The Morgan fingerprint density at radius 3 is 2.27 bits per heavy atom. The lowest BCUT2D eigenvalue weighted by Gasteiger charge is -2.16. The van der Waals surface area contributed by atoms with Crippen LogP contribution in [0.1, 0.15) is 11.6 Å². The molecule has 0 fully saturated rings. The minimum absolute atomic E-state index is 0.363. The second-order valence-corrected chi connectivity index (χ2v) is 3.71. The number of hydrogen-bond donors (Lipinski definition) is 1. The summed E-state index contributed by atoms with van der Waals surface area (Å²) in [5.74, 6) is 0. The molecule has 0 radical (unpaired) electrons. The van der Waals surface area contributed by atoms with Crippen molar-refractivity contribution < 1.29 is 0 Å². The lowest BCUT2D eigenvalue weighted by atomic mass is 10.1. The summed E-state index contributed by atoms with van der Waals surface area (Å²) in [5, 5.41) is 0. The minimum atomic E-state index is 0.363. The fourth-order valence-corrected chi connectivity index (χ4v) is 1.79. The fourth-order valence-electron chi connectivity index (χ4n) is 1.79. The standard InChI is InChI=1S/C13H16N2/c14-11-13(15-8-4-5-9-15)10-12-6-2-1-3-7-12/h1-9,13H,10-11,14H2. The molecule has 2 aromatic rings. The molecule has 2 rings (SSSR count). The number of aromatic nitrogens is 1. The van der Waals surface area contributed by atoms with Crippen LogP contribution in [0.5, 0.6) is 0 Å². The maximum Gasteiger partial charge on any atom is 0.0493 e. The number of hydrogen-bond acceptors (Lipinski definition) is 1. The molecule has 0 aliphatic heterocycles. The lowest BCUT2D eigenvalue weighted by Crippen LogP contribution is -2.20. The molecule has 0 amide bonds. The van der Waals surface area contributed by atoms with Crippen molar-refractivity contribution in [3.63, 3.8) is 0 Å². The zero-order valence-corrected chi connectivity index (χ0v) is 8.71. The van der Waals surface area contributed by atoms with E-state index in [0.717, 1.165) is 6.42 Å². The van der Waals surface area contributed by atoms with Gasteiger partial charge in [0.1, 0.15) is 0 Å². The van der Waals surface area contributed by atoms with Crippen molar-refractivity contribution in [3.05, 3.63) is 60.4 Å². The highest BCUT2D eigenvalue weighted by atomic mass is 15.0. The Morgan fingerprint density at radius 1 is 1.00 bits per heavy atom. The topological polar surface area (TPSA) is 30.9 Å². The van der Waals surface area contributed by atoms with E-state index in [-0.39, 0.29) is 0 Å². The fraction of sp³-hybridized carbons (Fsp3) is 0.231. The molecule has 0 spiro atoms. The summed E-state index contributed by atoms with van der Waals surface area (Å²) in [4.78, 5) is 0. The van der Waals surface area contributed by atoms with Gasteiger partial charge in [0.15, 0.2) is 0 Å². The third-order valence-corrected chi connectivity index (χ3v) is 2.64. The molecule has 1 aromatic heterocycles. The largest absolute Gasteiger partial charge is 0.350 e. The molecule has 15 heavy (non-hydrogen) atoms. The normalized spacial score (nSPS) is 12.6. The molecule has 2 N–H and O–H groups in total. The van der Waals surface area contributed by atoms with Gasteiger partial charge in [-0.1, -0.05) is 30.3 Å². The Hall–Kier alpha value is -1.54. The van der Waals surface area contributed by atoms with E-state index in [4.69, 9.17) is 5.73 Å². The summed E-state index contributed by atoms with van der Waals surface area (Å²) in [6.07, 6.45) is 5.13. The van der Waals surface area contributed by atoms with Crippen LogP contribution in [0.2, 0.25) is 0 Å². The summed E-state index contributed by atoms with van der Waals surface area (Å²) in [5.41, 5.74) is 7.13. The van der Waals surface area contributed by atoms with Crippen LogP contribution < -0.4 is 5.73 Å².